The SMILES string of the molecule is O=C(c1ccc2nsnc2c1)N1CC(n2c(C3CC3)nc3ccccc32)C1. The first-order valence-corrected chi connectivity index (χ1v) is 9.99. The van der Waals surface area contributed by atoms with Gasteiger partial charge in [-0.1, -0.05) is 12.1 Å². The van der Waals surface area contributed by atoms with Crippen molar-refractivity contribution in [3.8, 4) is 0 Å². The van der Waals surface area contributed by atoms with Gasteiger partial charge in [0.1, 0.15) is 16.9 Å². The molecule has 2 aliphatic rings. The van der Waals surface area contributed by atoms with Gasteiger partial charge in [0.2, 0.25) is 0 Å². The maximum Gasteiger partial charge on any atom is 0.254 e. The normalized spacial score (nSPS) is 17.6. The number of fused-ring (bicyclic) bond motifs is 2. The van der Waals surface area contributed by atoms with Crippen LogP contribution < -0.4 is 0 Å². The van der Waals surface area contributed by atoms with Gasteiger partial charge in [-0.2, -0.15) is 8.75 Å². The number of carbonyl (C=O) groups is 1. The van der Waals surface area contributed by atoms with Gasteiger partial charge in [0.25, 0.3) is 5.91 Å². The van der Waals surface area contributed by atoms with Gasteiger partial charge < -0.3 is 9.47 Å². The Morgan fingerprint density at radius 1 is 1.00 bits per heavy atom. The summed E-state index contributed by atoms with van der Waals surface area (Å²) >= 11 is 1.18. The van der Waals surface area contributed by atoms with E-state index in [0.717, 1.165) is 29.6 Å². The second kappa shape index (κ2) is 5.60. The highest BCUT2D eigenvalue weighted by molar-refractivity contribution is 7.00. The molecule has 1 aliphatic heterocycles. The van der Waals surface area contributed by atoms with Crippen LogP contribution >= 0.6 is 11.7 Å². The number of rotatable bonds is 3. The molecular weight excluding hydrogens is 358 g/mol. The van der Waals surface area contributed by atoms with Crippen LogP contribution in [0.5, 0.6) is 0 Å². The summed E-state index contributed by atoms with van der Waals surface area (Å²) in [6.45, 7) is 1.46. The fourth-order valence-electron chi connectivity index (χ4n) is 3.96. The second-order valence-corrected chi connectivity index (χ2v) is 7.96. The standard InChI is InChI=1S/C20H17N5OS/c26-20(13-7-8-15-17(9-13)23-27-22-15)24-10-14(11-24)25-18-4-2-1-3-16(18)21-19(25)12-5-6-12/h1-4,7-9,12,14H,5-6,10-11H2. The van der Waals surface area contributed by atoms with Gasteiger partial charge in [-0.25, -0.2) is 4.98 Å². The minimum Gasteiger partial charge on any atom is -0.334 e. The Kier molecular flexibility index (Phi) is 3.17. The number of hydrogen-bond acceptors (Lipinski definition) is 5. The molecule has 0 bridgehead atoms. The summed E-state index contributed by atoms with van der Waals surface area (Å²) in [5.74, 6) is 1.85. The number of likely N-dealkylation sites (tertiary alicyclic amines) is 1. The van der Waals surface area contributed by atoms with Crippen LogP contribution in [-0.4, -0.2) is 42.2 Å². The van der Waals surface area contributed by atoms with Crippen LogP contribution in [0.3, 0.4) is 0 Å². The highest BCUT2D eigenvalue weighted by Crippen LogP contribution is 2.43. The van der Waals surface area contributed by atoms with Crippen LogP contribution in [0.15, 0.2) is 42.5 Å². The third kappa shape index (κ3) is 2.38. The summed E-state index contributed by atoms with van der Waals surface area (Å²) in [6.07, 6.45) is 2.45. The minimum absolute atomic E-state index is 0.0681. The Labute approximate surface area is 159 Å². The number of imidazole rings is 1. The van der Waals surface area contributed by atoms with Gasteiger partial charge in [-0.3, -0.25) is 4.79 Å². The molecule has 1 aliphatic carbocycles. The third-order valence-corrected chi connectivity index (χ3v) is 6.14. The predicted molar refractivity (Wildman–Crippen MR) is 104 cm³/mol. The molecule has 3 heterocycles. The number of hydrogen-bond donors (Lipinski definition) is 0. The molecule has 0 N–H and O–H groups in total. The highest BCUT2D eigenvalue weighted by Gasteiger charge is 2.38. The molecule has 2 aromatic heterocycles. The van der Waals surface area contributed by atoms with E-state index in [2.05, 4.69) is 31.5 Å². The molecule has 7 heteroatoms. The van der Waals surface area contributed by atoms with Crippen LogP contribution in [-0.2, 0) is 0 Å². The van der Waals surface area contributed by atoms with E-state index < -0.39 is 0 Å². The fourth-order valence-corrected chi connectivity index (χ4v) is 4.48. The quantitative estimate of drug-likeness (QED) is 0.549. The first-order valence-electron chi connectivity index (χ1n) is 9.26. The lowest BCUT2D eigenvalue weighted by Gasteiger charge is -2.41. The van der Waals surface area contributed by atoms with E-state index in [1.54, 1.807) is 0 Å². The molecule has 0 spiro atoms. The number of nitrogens with zero attached hydrogens (tertiary/aromatic N) is 5. The molecule has 2 aromatic carbocycles. The fraction of sp³-hybridized carbons (Fsp3) is 0.300. The Morgan fingerprint density at radius 3 is 2.67 bits per heavy atom. The summed E-state index contributed by atoms with van der Waals surface area (Å²) < 4.78 is 10.8. The van der Waals surface area contributed by atoms with Gasteiger partial charge in [0.15, 0.2) is 0 Å². The van der Waals surface area contributed by atoms with Crippen molar-refractivity contribution >= 4 is 39.7 Å². The molecule has 0 unspecified atom stereocenters. The van der Waals surface area contributed by atoms with E-state index in [-0.39, 0.29) is 5.91 Å². The number of benzene rings is 2. The summed E-state index contributed by atoms with van der Waals surface area (Å²) in [5.41, 5.74) is 4.57. The van der Waals surface area contributed by atoms with E-state index in [0.29, 0.717) is 17.5 Å². The molecule has 6 nitrogen and oxygen atoms in total. The largest absolute Gasteiger partial charge is 0.334 e. The van der Waals surface area contributed by atoms with E-state index in [9.17, 15) is 4.79 Å². The average molecular weight is 375 g/mol. The smallest absolute Gasteiger partial charge is 0.254 e. The Hall–Kier alpha value is -2.80. The van der Waals surface area contributed by atoms with Crippen molar-refractivity contribution in [1.82, 2.24) is 23.2 Å². The molecule has 2 fully saturated rings. The van der Waals surface area contributed by atoms with Gasteiger partial charge in [0, 0.05) is 24.6 Å². The first-order chi connectivity index (χ1) is 13.3. The van der Waals surface area contributed by atoms with Crippen LogP contribution in [0.1, 0.15) is 41.0 Å². The second-order valence-electron chi connectivity index (χ2n) is 7.43. The van der Waals surface area contributed by atoms with E-state index in [4.69, 9.17) is 4.98 Å². The van der Waals surface area contributed by atoms with Crippen molar-refractivity contribution in [3.63, 3.8) is 0 Å². The van der Waals surface area contributed by atoms with Gasteiger partial charge in [-0.05, 0) is 43.2 Å². The van der Waals surface area contributed by atoms with Crippen LogP contribution in [0.4, 0.5) is 0 Å². The van der Waals surface area contributed by atoms with Gasteiger partial charge in [0.05, 0.1) is 28.8 Å². The van der Waals surface area contributed by atoms with Gasteiger partial charge >= 0.3 is 0 Å². The predicted octanol–water partition coefficient (Wildman–Crippen LogP) is 3.62. The molecule has 134 valence electrons. The number of amides is 1. The summed E-state index contributed by atoms with van der Waals surface area (Å²) in [6, 6.07) is 14.2. The number of carbonyl (C=O) groups excluding carboxylic acids is 1. The van der Waals surface area contributed by atoms with Crippen molar-refractivity contribution < 1.29 is 4.79 Å². The molecule has 1 amide bonds. The summed E-state index contributed by atoms with van der Waals surface area (Å²) in [7, 11) is 0. The Bertz CT molecular complexity index is 1190. The summed E-state index contributed by atoms with van der Waals surface area (Å²) in [5, 5.41) is 0. The maximum absolute atomic E-state index is 12.9. The third-order valence-electron chi connectivity index (χ3n) is 5.58. The van der Waals surface area contributed by atoms with Crippen molar-refractivity contribution in [1.29, 1.82) is 0 Å². The Balaban J connectivity index is 1.28. The van der Waals surface area contributed by atoms with Crippen molar-refractivity contribution in [2.75, 3.05) is 13.1 Å². The van der Waals surface area contributed by atoms with E-state index in [1.807, 2.05) is 29.2 Å². The lowest BCUT2D eigenvalue weighted by Crippen LogP contribution is -2.51. The molecule has 6 rings (SSSR count). The summed E-state index contributed by atoms with van der Waals surface area (Å²) in [4.78, 5) is 19.7. The lowest BCUT2D eigenvalue weighted by molar-refractivity contribution is 0.0522. The van der Waals surface area contributed by atoms with Crippen LogP contribution in [0.25, 0.3) is 22.1 Å². The molecule has 1 saturated heterocycles. The lowest BCUT2D eigenvalue weighted by atomic mass is 10.0. The molecule has 0 atom stereocenters. The highest BCUT2D eigenvalue weighted by atomic mass is 32.1. The van der Waals surface area contributed by atoms with E-state index >= 15 is 0 Å². The van der Waals surface area contributed by atoms with E-state index in [1.165, 1.54) is 35.9 Å². The van der Waals surface area contributed by atoms with Gasteiger partial charge in [-0.15, -0.1) is 0 Å². The molecule has 27 heavy (non-hydrogen) atoms. The van der Waals surface area contributed by atoms with Crippen molar-refractivity contribution in [2.24, 2.45) is 0 Å². The Morgan fingerprint density at radius 2 is 1.81 bits per heavy atom. The van der Waals surface area contributed by atoms with Crippen LogP contribution in [0, 0.1) is 0 Å². The van der Waals surface area contributed by atoms with Crippen molar-refractivity contribution in [3.05, 3.63) is 53.9 Å². The minimum atomic E-state index is 0.0681. The number of aromatic nitrogens is 4. The van der Waals surface area contributed by atoms with Crippen molar-refractivity contribution in [2.45, 2.75) is 24.8 Å². The van der Waals surface area contributed by atoms with Crippen LogP contribution in [0.2, 0.25) is 0 Å². The number of para-hydroxylation sites is 2. The zero-order valence-corrected chi connectivity index (χ0v) is 15.4. The topological polar surface area (TPSA) is 63.9 Å². The zero-order chi connectivity index (χ0) is 18.0. The first kappa shape index (κ1) is 15.3. The molecule has 0 radical (unpaired) electrons. The maximum atomic E-state index is 12.9. The average Bonchev–Trinajstić information content (AvgIpc) is 3.27. The monoisotopic (exact) mass is 375 g/mol. The molecular formula is C20H17N5OS. The molecule has 4 aromatic rings. The zero-order valence-electron chi connectivity index (χ0n) is 14.6. The molecule has 1 saturated carbocycles.